The fourth-order valence-corrected chi connectivity index (χ4v) is 4.91. The van der Waals surface area contributed by atoms with Crippen LogP contribution in [-0.2, 0) is 10.0 Å². The van der Waals surface area contributed by atoms with E-state index in [0.29, 0.717) is 30.1 Å². The standard InChI is InChI=1S/C18H29N3O3S.ClH/c1-5-21(6-2)25(23,24)17-11-15(8-7-13(17)3)18(22)20-16-9-10-19-12-14(16)4;/h7-8,11,14,16,19H,5-6,9-10,12H2,1-4H3,(H,20,22);1H. The van der Waals surface area contributed by atoms with E-state index in [1.807, 2.05) is 13.8 Å². The number of nitrogens with zero attached hydrogens (tertiary/aromatic N) is 1. The summed E-state index contributed by atoms with van der Waals surface area (Å²) in [5, 5.41) is 6.36. The first-order valence-corrected chi connectivity index (χ1v) is 10.4. The number of hydrogen-bond acceptors (Lipinski definition) is 4. The third-order valence-electron chi connectivity index (χ3n) is 4.88. The molecule has 1 amide bonds. The molecule has 1 aliphatic heterocycles. The molecule has 0 bridgehead atoms. The van der Waals surface area contributed by atoms with E-state index >= 15 is 0 Å². The average molecular weight is 404 g/mol. The second kappa shape index (κ2) is 9.69. The largest absolute Gasteiger partial charge is 0.349 e. The SMILES string of the molecule is CCN(CC)S(=O)(=O)c1cc(C(=O)NC2CCNCC2C)ccc1C.Cl. The second-order valence-electron chi connectivity index (χ2n) is 6.62. The van der Waals surface area contributed by atoms with Crippen LogP contribution in [0.25, 0.3) is 0 Å². The van der Waals surface area contributed by atoms with Crippen LogP contribution in [0.5, 0.6) is 0 Å². The summed E-state index contributed by atoms with van der Waals surface area (Å²) in [6.45, 7) is 10.0. The van der Waals surface area contributed by atoms with E-state index < -0.39 is 10.0 Å². The van der Waals surface area contributed by atoms with Gasteiger partial charge in [0.25, 0.3) is 5.91 Å². The molecule has 148 valence electrons. The summed E-state index contributed by atoms with van der Waals surface area (Å²) < 4.78 is 27.0. The molecule has 0 aromatic heterocycles. The topological polar surface area (TPSA) is 78.5 Å². The molecule has 1 heterocycles. The van der Waals surface area contributed by atoms with Gasteiger partial charge < -0.3 is 10.6 Å². The van der Waals surface area contributed by atoms with Gasteiger partial charge >= 0.3 is 0 Å². The normalized spacial score (nSPS) is 20.5. The minimum absolute atomic E-state index is 0. The van der Waals surface area contributed by atoms with Crippen LogP contribution in [0.1, 0.15) is 43.1 Å². The number of carbonyl (C=O) groups is 1. The maximum Gasteiger partial charge on any atom is 0.251 e. The van der Waals surface area contributed by atoms with Crippen LogP contribution in [0.3, 0.4) is 0 Å². The minimum atomic E-state index is -3.59. The van der Waals surface area contributed by atoms with Crippen molar-refractivity contribution in [3.63, 3.8) is 0 Å². The molecule has 1 saturated heterocycles. The Labute approximate surface area is 163 Å². The van der Waals surface area contributed by atoms with Gasteiger partial charge in [0.1, 0.15) is 0 Å². The highest BCUT2D eigenvalue weighted by Crippen LogP contribution is 2.22. The summed E-state index contributed by atoms with van der Waals surface area (Å²) in [5.41, 5.74) is 1.04. The van der Waals surface area contributed by atoms with Gasteiger partial charge in [0.05, 0.1) is 4.90 Å². The first-order chi connectivity index (χ1) is 11.8. The van der Waals surface area contributed by atoms with Gasteiger partial charge in [0.15, 0.2) is 0 Å². The van der Waals surface area contributed by atoms with E-state index in [1.165, 1.54) is 10.4 Å². The van der Waals surface area contributed by atoms with E-state index in [9.17, 15) is 13.2 Å². The Morgan fingerprint density at radius 3 is 2.54 bits per heavy atom. The van der Waals surface area contributed by atoms with Gasteiger partial charge in [-0.3, -0.25) is 4.79 Å². The first kappa shape index (κ1) is 22.9. The highest BCUT2D eigenvalue weighted by molar-refractivity contribution is 7.89. The Kier molecular flexibility index (Phi) is 8.53. The van der Waals surface area contributed by atoms with Gasteiger partial charge in [-0.15, -0.1) is 12.4 Å². The predicted molar refractivity (Wildman–Crippen MR) is 106 cm³/mol. The van der Waals surface area contributed by atoms with Gasteiger partial charge in [-0.05, 0) is 50.0 Å². The van der Waals surface area contributed by atoms with Crippen molar-refractivity contribution in [1.82, 2.24) is 14.9 Å². The van der Waals surface area contributed by atoms with Crippen molar-refractivity contribution in [3.05, 3.63) is 29.3 Å². The van der Waals surface area contributed by atoms with Crippen molar-refractivity contribution in [2.45, 2.75) is 45.1 Å². The summed E-state index contributed by atoms with van der Waals surface area (Å²) >= 11 is 0. The highest BCUT2D eigenvalue weighted by atomic mass is 35.5. The van der Waals surface area contributed by atoms with Gasteiger partial charge in [0.2, 0.25) is 10.0 Å². The van der Waals surface area contributed by atoms with Crippen molar-refractivity contribution in [2.75, 3.05) is 26.2 Å². The number of benzene rings is 1. The maximum absolute atomic E-state index is 12.8. The summed E-state index contributed by atoms with van der Waals surface area (Å²) in [5.74, 6) is 0.136. The third kappa shape index (κ3) is 4.97. The number of halogens is 1. The molecule has 0 aliphatic carbocycles. The molecular formula is C18H30ClN3O3S. The second-order valence-corrected chi connectivity index (χ2v) is 8.53. The zero-order chi connectivity index (χ0) is 18.6. The molecule has 2 rings (SSSR count). The zero-order valence-electron chi connectivity index (χ0n) is 15.9. The van der Waals surface area contributed by atoms with Crippen molar-refractivity contribution >= 4 is 28.3 Å². The van der Waals surface area contributed by atoms with Crippen LogP contribution < -0.4 is 10.6 Å². The lowest BCUT2D eigenvalue weighted by Crippen LogP contribution is -2.48. The van der Waals surface area contributed by atoms with Gasteiger partial charge in [-0.1, -0.05) is 26.8 Å². The van der Waals surface area contributed by atoms with Crippen LogP contribution in [0, 0.1) is 12.8 Å². The summed E-state index contributed by atoms with van der Waals surface area (Å²) in [7, 11) is -3.59. The lowest BCUT2D eigenvalue weighted by molar-refractivity contribution is 0.0914. The van der Waals surface area contributed by atoms with Crippen molar-refractivity contribution in [2.24, 2.45) is 5.92 Å². The summed E-state index contributed by atoms with van der Waals surface area (Å²) in [6.07, 6.45) is 0.878. The van der Waals surface area contributed by atoms with E-state index in [2.05, 4.69) is 17.6 Å². The van der Waals surface area contributed by atoms with Crippen LogP contribution in [0.2, 0.25) is 0 Å². The predicted octanol–water partition coefficient (Wildman–Crippen LogP) is 2.18. The monoisotopic (exact) mass is 403 g/mol. The molecule has 1 aliphatic rings. The van der Waals surface area contributed by atoms with Crippen molar-refractivity contribution < 1.29 is 13.2 Å². The molecule has 6 nitrogen and oxygen atoms in total. The number of piperidine rings is 1. The quantitative estimate of drug-likeness (QED) is 0.763. The number of amides is 1. The number of rotatable bonds is 6. The molecule has 2 N–H and O–H groups in total. The maximum atomic E-state index is 12.8. The Bertz CT molecular complexity index is 720. The van der Waals surface area contributed by atoms with Crippen LogP contribution in [0.4, 0.5) is 0 Å². The van der Waals surface area contributed by atoms with E-state index in [-0.39, 0.29) is 29.3 Å². The van der Waals surface area contributed by atoms with Crippen molar-refractivity contribution in [1.29, 1.82) is 0 Å². The van der Waals surface area contributed by atoms with Gasteiger partial charge in [-0.2, -0.15) is 4.31 Å². The molecule has 2 atom stereocenters. The first-order valence-electron chi connectivity index (χ1n) is 8.93. The molecule has 26 heavy (non-hydrogen) atoms. The smallest absolute Gasteiger partial charge is 0.251 e. The van der Waals surface area contributed by atoms with E-state index in [4.69, 9.17) is 0 Å². The van der Waals surface area contributed by atoms with Crippen LogP contribution in [-0.4, -0.2) is 50.9 Å². The molecule has 1 aromatic carbocycles. The molecule has 2 unspecified atom stereocenters. The lowest BCUT2D eigenvalue weighted by atomic mass is 9.95. The van der Waals surface area contributed by atoms with E-state index in [1.54, 1.807) is 19.1 Å². The fourth-order valence-electron chi connectivity index (χ4n) is 3.20. The summed E-state index contributed by atoms with van der Waals surface area (Å²) in [6, 6.07) is 5.01. The molecule has 8 heteroatoms. The number of sulfonamides is 1. The number of nitrogens with one attached hydrogen (secondary N) is 2. The molecule has 0 saturated carbocycles. The molecule has 1 fully saturated rings. The highest BCUT2D eigenvalue weighted by Gasteiger charge is 2.26. The average Bonchev–Trinajstić information content (AvgIpc) is 2.58. The fraction of sp³-hybridized carbons (Fsp3) is 0.611. The van der Waals surface area contributed by atoms with Gasteiger partial charge in [-0.25, -0.2) is 8.42 Å². The minimum Gasteiger partial charge on any atom is -0.349 e. The van der Waals surface area contributed by atoms with Crippen molar-refractivity contribution in [3.8, 4) is 0 Å². The molecule has 0 spiro atoms. The van der Waals surface area contributed by atoms with E-state index in [0.717, 1.165) is 19.5 Å². The molecule has 1 aromatic rings. The van der Waals surface area contributed by atoms with Crippen LogP contribution in [0.15, 0.2) is 23.1 Å². The Hall–Kier alpha value is -1.15. The third-order valence-corrected chi connectivity index (χ3v) is 7.07. The van der Waals surface area contributed by atoms with Gasteiger partial charge in [0, 0.05) is 24.7 Å². The molecular weight excluding hydrogens is 374 g/mol. The number of aryl methyl sites for hydroxylation is 1. The van der Waals surface area contributed by atoms with Crippen LogP contribution >= 0.6 is 12.4 Å². The summed E-state index contributed by atoms with van der Waals surface area (Å²) in [4.78, 5) is 12.8. The lowest BCUT2D eigenvalue weighted by Gasteiger charge is -2.30. The number of carbonyl (C=O) groups excluding carboxylic acids is 1. The Morgan fingerprint density at radius 1 is 1.31 bits per heavy atom. The molecule has 0 radical (unpaired) electrons. The number of hydrogen-bond donors (Lipinski definition) is 2. The Morgan fingerprint density at radius 2 is 1.96 bits per heavy atom. The zero-order valence-corrected chi connectivity index (χ0v) is 17.5. The Balaban J connectivity index is 0.00000338.